The van der Waals surface area contributed by atoms with Crippen molar-refractivity contribution in [3.8, 4) is 5.88 Å². The Labute approximate surface area is 245 Å². The van der Waals surface area contributed by atoms with Gasteiger partial charge in [0.2, 0.25) is 17.7 Å². The van der Waals surface area contributed by atoms with E-state index in [0.717, 1.165) is 55.1 Å². The molecule has 9 heteroatoms. The number of aliphatic carboxylic acids is 1. The number of hydrogen-bond donors (Lipinski definition) is 3. The van der Waals surface area contributed by atoms with Crippen LogP contribution < -0.4 is 15.4 Å². The minimum Gasteiger partial charge on any atom is -0.479 e. The van der Waals surface area contributed by atoms with E-state index in [1.165, 1.54) is 0 Å². The predicted octanol–water partition coefficient (Wildman–Crippen LogP) is 4.77. The first-order chi connectivity index (χ1) is 20.4. The molecular weight excluding hydrogens is 532 g/mol. The van der Waals surface area contributed by atoms with Crippen molar-refractivity contribution in [2.45, 2.75) is 81.5 Å². The van der Waals surface area contributed by atoms with Crippen LogP contribution in [-0.2, 0) is 14.4 Å². The van der Waals surface area contributed by atoms with Crippen molar-refractivity contribution in [3.05, 3.63) is 66.7 Å². The zero-order chi connectivity index (χ0) is 29.1. The maximum Gasteiger partial charge on any atom is 0.329 e. The SMILES string of the molecule is O=C1N[C@]2(C(=O)O)C[C@H]2CCCCCCC[C@H](Nc2ccccc2)C(=O)N2C[C@H](Oc3ccc4ccccc4n3)C[C@@H]12. The van der Waals surface area contributed by atoms with Crippen molar-refractivity contribution in [3.63, 3.8) is 0 Å². The van der Waals surface area contributed by atoms with Crippen molar-refractivity contribution in [2.75, 3.05) is 11.9 Å². The Bertz CT molecular complexity index is 1450. The number of carboxylic acid groups (broad SMARTS) is 1. The van der Waals surface area contributed by atoms with Crippen molar-refractivity contribution in [1.82, 2.24) is 15.2 Å². The predicted molar refractivity (Wildman–Crippen MR) is 159 cm³/mol. The van der Waals surface area contributed by atoms with Crippen molar-refractivity contribution in [2.24, 2.45) is 5.92 Å². The first kappa shape index (κ1) is 28.0. The fourth-order valence-corrected chi connectivity index (χ4v) is 6.57. The summed E-state index contributed by atoms with van der Waals surface area (Å²) in [4.78, 5) is 46.6. The van der Waals surface area contributed by atoms with E-state index in [2.05, 4.69) is 15.6 Å². The largest absolute Gasteiger partial charge is 0.479 e. The average molecular weight is 571 g/mol. The standard InChI is InChI=1S/C33H38N4O5/c38-30-28-19-25(42-29-18-17-22-11-9-10-15-26(22)35-29)21-37(28)31(39)27(34-24-13-6-4-7-14-24)16-8-3-1-2-5-12-23-20-33(23,36-30)32(40)41/h4,6-7,9-11,13-15,17-18,23,25,27-28,34H,1-3,5,8,12,16,19-21H2,(H,36,38)(H,40,41)/t23-,25-,27+,28+,33-/m1/s1. The van der Waals surface area contributed by atoms with Crippen LogP contribution in [0.2, 0.25) is 0 Å². The first-order valence-corrected chi connectivity index (χ1v) is 15.1. The second-order valence-corrected chi connectivity index (χ2v) is 11.9. The number of para-hydroxylation sites is 2. The van der Waals surface area contributed by atoms with Gasteiger partial charge in [-0.3, -0.25) is 9.59 Å². The van der Waals surface area contributed by atoms with Gasteiger partial charge < -0.3 is 25.4 Å². The Morgan fingerprint density at radius 1 is 0.952 bits per heavy atom. The molecule has 3 heterocycles. The average Bonchev–Trinajstić information content (AvgIpc) is 3.53. The summed E-state index contributed by atoms with van der Waals surface area (Å²) >= 11 is 0. The molecule has 3 fully saturated rings. The lowest BCUT2D eigenvalue weighted by Crippen LogP contribution is -2.55. The highest BCUT2D eigenvalue weighted by Gasteiger charge is 2.62. The lowest BCUT2D eigenvalue weighted by atomic mass is 10.0. The van der Waals surface area contributed by atoms with E-state index >= 15 is 0 Å². The topological polar surface area (TPSA) is 121 Å². The molecule has 2 amide bonds. The zero-order valence-corrected chi connectivity index (χ0v) is 23.7. The number of rotatable bonds is 5. The molecule has 2 aliphatic heterocycles. The Hall–Kier alpha value is -4.14. The molecule has 2 saturated heterocycles. The van der Waals surface area contributed by atoms with Crippen LogP contribution >= 0.6 is 0 Å². The number of nitrogens with zero attached hydrogens (tertiary/aromatic N) is 2. The summed E-state index contributed by atoms with van der Waals surface area (Å²) in [7, 11) is 0. The second kappa shape index (κ2) is 12.0. The summed E-state index contributed by atoms with van der Waals surface area (Å²) in [5, 5.41) is 17.4. The van der Waals surface area contributed by atoms with Crippen LogP contribution in [0.1, 0.15) is 57.8 Å². The van der Waals surface area contributed by atoms with Gasteiger partial charge in [0.25, 0.3) is 0 Å². The molecule has 2 aromatic carbocycles. The number of benzene rings is 2. The van der Waals surface area contributed by atoms with Gasteiger partial charge in [-0.15, -0.1) is 0 Å². The van der Waals surface area contributed by atoms with Crippen LogP contribution in [0.25, 0.3) is 10.9 Å². The Kier molecular flexibility index (Phi) is 8.00. The van der Waals surface area contributed by atoms with Crippen LogP contribution in [0.3, 0.4) is 0 Å². The van der Waals surface area contributed by atoms with Gasteiger partial charge >= 0.3 is 5.97 Å². The molecule has 42 heavy (non-hydrogen) atoms. The smallest absolute Gasteiger partial charge is 0.329 e. The number of carbonyl (C=O) groups is 3. The van der Waals surface area contributed by atoms with Gasteiger partial charge in [0.1, 0.15) is 23.7 Å². The molecule has 9 nitrogen and oxygen atoms in total. The Morgan fingerprint density at radius 2 is 1.69 bits per heavy atom. The lowest BCUT2D eigenvalue weighted by Gasteiger charge is -2.30. The minimum atomic E-state index is -1.26. The maximum atomic E-state index is 14.2. The molecule has 0 bridgehead atoms. The lowest BCUT2D eigenvalue weighted by molar-refractivity contribution is -0.145. The van der Waals surface area contributed by atoms with E-state index in [9.17, 15) is 19.5 Å². The first-order valence-electron chi connectivity index (χ1n) is 15.1. The van der Waals surface area contributed by atoms with Gasteiger partial charge in [-0.2, -0.15) is 0 Å². The van der Waals surface area contributed by atoms with Gasteiger partial charge in [0.15, 0.2) is 0 Å². The monoisotopic (exact) mass is 570 g/mol. The van der Waals surface area contributed by atoms with E-state index < -0.39 is 35.6 Å². The highest BCUT2D eigenvalue weighted by atomic mass is 16.5. The molecule has 6 rings (SSSR count). The zero-order valence-electron chi connectivity index (χ0n) is 23.7. The quantitative estimate of drug-likeness (QED) is 0.404. The van der Waals surface area contributed by atoms with Crippen molar-refractivity contribution in [1.29, 1.82) is 0 Å². The number of ether oxygens (including phenoxy) is 1. The molecule has 3 aliphatic rings. The van der Waals surface area contributed by atoms with E-state index in [4.69, 9.17) is 4.74 Å². The molecule has 5 atom stereocenters. The van der Waals surface area contributed by atoms with Crippen LogP contribution in [0.5, 0.6) is 5.88 Å². The third kappa shape index (κ3) is 5.91. The van der Waals surface area contributed by atoms with Crippen LogP contribution in [0.4, 0.5) is 5.69 Å². The molecule has 0 unspecified atom stereocenters. The Morgan fingerprint density at radius 3 is 2.50 bits per heavy atom. The van der Waals surface area contributed by atoms with Gasteiger partial charge in [-0.25, -0.2) is 9.78 Å². The summed E-state index contributed by atoms with van der Waals surface area (Å²) in [5.74, 6) is -1.27. The Balaban J connectivity index is 1.28. The van der Waals surface area contributed by atoms with Crippen LogP contribution in [-0.4, -0.2) is 63.0 Å². The molecule has 1 aromatic heterocycles. The van der Waals surface area contributed by atoms with Crippen LogP contribution in [0, 0.1) is 5.92 Å². The number of nitrogens with one attached hydrogen (secondary N) is 2. The molecule has 0 spiro atoms. The normalized spacial score (nSPS) is 28.5. The number of fused-ring (bicyclic) bond motifs is 3. The van der Waals surface area contributed by atoms with E-state index in [-0.39, 0.29) is 24.8 Å². The summed E-state index contributed by atoms with van der Waals surface area (Å²) in [5.41, 5.74) is 0.381. The maximum absolute atomic E-state index is 14.2. The molecule has 220 valence electrons. The molecule has 3 aromatic rings. The number of pyridine rings is 1. The highest BCUT2D eigenvalue weighted by molar-refractivity contribution is 5.96. The molecule has 1 saturated carbocycles. The van der Waals surface area contributed by atoms with E-state index in [1.54, 1.807) is 11.0 Å². The van der Waals surface area contributed by atoms with Gasteiger partial charge in [-0.1, -0.05) is 68.5 Å². The molecule has 1 aliphatic carbocycles. The summed E-state index contributed by atoms with van der Waals surface area (Å²) < 4.78 is 6.26. The molecule has 0 radical (unpaired) electrons. The fourth-order valence-electron chi connectivity index (χ4n) is 6.57. The molecular formula is C33H38N4O5. The minimum absolute atomic E-state index is 0.0871. The second-order valence-electron chi connectivity index (χ2n) is 11.9. The van der Waals surface area contributed by atoms with Gasteiger partial charge in [-0.05, 0) is 49.4 Å². The third-order valence-electron chi connectivity index (χ3n) is 9.00. The van der Waals surface area contributed by atoms with Gasteiger partial charge in [0.05, 0.1) is 12.1 Å². The number of aromatic nitrogens is 1. The number of carboxylic acids is 1. The highest BCUT2D eigenvalue weighted by Crippen LogP contribution is 2.47. The van der Waals surface area contributed by atoms with Gasteiger partial charge in [0, 0.05) is 23.6 Å². The summed E-state index contributed by atoms with van der Waals surface area (Å²) in [6.45, 7) is 0.210. The van der Waals surface area contributed by atoms with Crippen molar-refractivity contribution >= 4 is 34.4 Å². The third-order valence-corrected chi connectivity index (χ3v) is 9.00. The summed E-state index contributed by atoms with van der Waals surface area (Å²) in [6, 6.07) is 19.8. The number of anilines is 1. The molecule has 3 N–H and O–H groups in total. The van der Waals surface area contributed by atoms with Crippen LogP contribution in [0.15, 0.2) is 66.7 Å². The van der Waals surface area contributed by atoms with E-state index in [1.807, 2.05) is 60.7 Å². The number of hydrogen-bond acceptors (Lipinski definition) is 6. The number of amides is 2. The van der Waals surface area contributed by atoms with Crippen molar-refractivity contribution < 1.29 is 24.2 Å². The fraction of sp³-hybridized carbons (Fsp3) is 0.455. The summed E-state index contributed by atoms with van der Waals surface area (Å²) in [6.07, 6.45) is 6.48. The van der Waals surface area contributed by atoms with E-state index in [0.29, 0.717) is 18.7 Å². The number of carbonyl (C=O) groups excluding carboxylic acids is 2.